The number of rotatable bonds is 2. The van der Waals surface area contributed by atoms with Gasteiger partial charge in [-0.2, -0.15) is 0 Å². The number of nitrogens with two attached hydrogens (primary N) is 1. The molecule has 0 saturated carbocycles. The predicted molar refractivity (Wildman–Crippen MR) is 36.8 cm³/mol. The van der Waals surface area contributed by atoms with Crippen LogP contribution in [0.25, 0.3) is 0 Å². The molecule has 0 aromatic carbocycles. The largest absolute Gasteiger partial charge is 0.369 e. The zero-order valence-electron chi connectivity index (χ0n) is 5.32. The highest BCUT2D eigenvalue weighted by atomic mass is 16.1. The van der Waals surface area contributed by atoms with Gasteiger partial charge in [-0.15, -0.1) is 0 Å². The van der Waals surface area contributed by atoms with Crippen molar-refractivity contribution in [2.45, 2.75) is 0 Å². The van der Waals surface area contributed by atoms with Gasteiger partial charge in [0.1, 0.15) is 0 Å². The van der Waals surface area contributed by atoms with Crippen molar-refractivity contribution in [1.82, 2.24) is 4.98 Å². The fraction of sp³-hybridized carbons (Fsp3) is 0. The first kappa shape index (κ1) is 6.74. The van der Waals surface area contributed by atoms with Crippen LogP contribution in [-0.2, 0) is 4.79 Å². The van der Waals surface area contributed by atoms with Gasteiger partial charge in [-0.1, -0.05) is 0 Å². The monoisotopic (exact) mass is 135 g/mol. The van der Waals surface area contributed by atoms with Crippen LogP contribution in [0.2, 0.25) is 0 Å². The van der Waals surface area contributed by atoms with Gasteiger partial charge < -0.3 is 5.73 Å². The maximum Gasteiger partial charge on any atom is 0.226 e. The molecule has 0 atom stereocenters. The van der Waals surface area contributed by atoms with E-state index in [1.807, 2.05) is 0 Å². The average Bonchev–Trinajstić information content (AvgIpc) is 1.88. The quantitative estimate of drug-likeness (QED) is 0.626. The van der Waals surface area contributed by atoms with Crippen molar-refractivity contribution < 1.29 is 4.79 Å². The molecular weight excluding hydrogens is 128 g/mol. The second-order valence-electron chi connectivity index (χ2n) is 1.83. The van der Waals surface area contributed by atoms with E-state index >= 15 is 0 Å². The summed E-state index contributed by atoms with van der Waals surface area (Å²) in [4.78, 5) is 14.1. The van der Waals surface area contributed by atoms with Gasteiger partial charge in [0.2, 0.25) is 5.91 Å². The molecular formula is C7H7N2O. The summed E-state index contributed by atoms with van der Waals surface area (Å²) in [5.41, 5.74) is 5.69. The van der Waals surface area contributed by atoms with Gasteiger partial charge in [-0.05, 0) is 17.7 Å². The highest BCUT2D eigenvalue weighted by Crippen LogP contribution is 1.97. The molecule has 1 rings (SSSR count). The summed E-state index contributed by atoms with van der Waals surface area (Å²) in [5, 5.41) is 0. The lowest BCUT2D eigenvalue weighted by Crippen LogP contribution is -2.11. The van der Waals surface area contributed by atoms with Gasteiger partial charge in [0.15, 0.2) is 0 Å². The predicted octanol–water partition coefficient (Wildman–Crippen LogP) is 0.119. The molecule has 1 heterocycles. The molecule has 0 fully saturated rings. The minimum atomic E-state index is -0.439. The third-order valence-corrected chi connectivity index (χ3v) is 1.02. The third kappa shape index (κ3) is 1.85. The molecule has 2 N–H and O–H groups in total. The topological polar surface area (TPSA) is 56.0 Å². The van der Waals surface area contributed by atoms with Crippen LogP contribution in [0.3, 0.4) is 0 Å². The smallest absolute Gasteiger partial charge is 0.226 e. The lowest BCUT2D eigenvalue weighted by atomic mass is 10.2. The van der Waals surface area contributed by atoms with Gasteiger partial charge in [0.25, 0.3) is 0 Å². The summed E-state index contributed by atoms with van der Waals surface area (Å²) in [6.07, 6.45) is 4.56. The Bertz CT molecular complexity index is 220. The van der Waals surface area contributed by atoms with E-state index in [9.17, 15) is 4.79 Å². The van der Waals surface area contributed by atoms with Crippen LogP contribution in [0.5, 0.6) is 0 Å². The van der Waals surface area contributed by atoms with Gasteiger partial charge in [0, 0.05) is 12.4 Å². The first-order valence-corrected chi connectivity index (χ1v) is 2.83. The van der Waals surface area contributed by atoms with Gasteiger partial charge >= 0.3 is 0 Å². The Morgan fingerprint density at radius 3 is 2.60 bits per heavy atom. The Labute approximate surface area is 58.9 Å². The van der Waals surface area contributed by atoms with Crippen molar-refractivity contribution >= 4 is 5.91 Å². The molecule has 0 saturated heterocycles. The molecule has 0 spiro atoms. The number of carbonyl (C=O) groups is 1. The highest BCUT2D eigenvalue weighted by Gasteiger charge is 1.95. The van der Waals surface area contributed by atoms with Crippen LogP contribution < -0.4 is 5.73 Å². The van der Waals surface area contributed by atoms with Crippen LogP contribution in [0.1, 0.15) is 5.56 Å². The summed E-state index contributed by atoms with van der Waals surface area (Å²) >= 11 is 0. The Balaban J connectivity index is 2.67. The van der Waals surface area contributed by atoms with E-state index in [4.69, 9.17) is 5.73 Å². The Morgan fingerprint density at radius 2 is 2.10 bits per heavy atom. The SMILES string of the molecule is NC(=O)[CH]c1ccncc1. The van der Waals surface area contributed by atoms with E-state index in [-0.39, 0.29) is 0 Å². The number of nitrogens with zero attached hydrogens (tertiary/aromatic N) is 1. The van der Waals surface area contributed by atoms with Crippen molar-refractivity contribution in [3.63, 3.8) is 0 Å². The minimum absolute atomic E-state index is 0.439. The molecule has 0 unspecified atom stereocenters. The lowest BCUT2D eigenvalue weighted by Gasteiger charge is -1.92. The van der Waals surface area contributed by atoms with E-state index in [2.05, 4.69) is 4.98 Å². The van der Waals surface area contributed by atoms with Crippen LogP contribution >= 0.6 is 0 Å². The van der Waals surface area contributed by atoms with Crippen molar-refractivity contribution in [2.24, 2.45) is 5.73 Å². The second kappa shape index (κ2) is 2.96. The molecule has 1 radical (unpaired) electrons. The number of aromatic nitrogens is 1. The number of amides is 1. The summed E-state index contributed by atoms with van der Waals surface area (Å²) in [5.74, 6) is -0.439. The number of pyridine rings is 1. The Hall–Kier alpha value is -1.38. The number of carbonyl (C=O) groups excluding carboxylic acids is 1. The maximum atomic E-state index is 10.3. The number of hydrogen-bond donors (Lipinski definition) is 1. The zero-order chi connectivity index (χ0) is 7.40. The fourth-order valence-electron chi connectivity index (χ4n) is 0.624. The van der Waals surface area contributed by atoms with E-state index < -0.39 is 5.91 Å². The van der Waals surface area contributed by atoms with Crippen LogP contribution in [0.4, 0.5) is 0 Å². The molecule has 0 aliphatic rings. The molecule has 51 valence electrons. The molecule has 3 heteroatoms. The van der Waals surface area contributed by atoms with Crippen LogP contribution in [0.15, 0.2) is 24.5 Å². The van der Waals surface area contributed by atoms with Gasteiger partial charge in [0.05, 0.1) is 6.42 Å². The Kier molecular flexibility index (Phi) is 1.99. The summed E-state index contributed by atoms with van der Waals surface area (Å²) in [6, 6.07) is 3.43. The van der Waals surface area contributed by atoms with Gasteiger partial charge in [-0.25, -0.2) is 0 Å². The lowest BCUT2D eigenvalue weighted by molar-refractivity contribution is -0.114. The van der Waals surface area contributed by atoms with Crippen molar-refractivity contribution in [1.29, 1.82) is 0 Å². The van der Waals surface area contributed by atoms with Crippen molar-refractivity contribution in [2.75, 3.05) is 0 Å². The molecule has 0 aliphatic carbocycles. The van der Waals surface area contributed by atoms with E-state index in [1.165, 1.54) is 6.42 Å². The zero-order valence-corrected chi connectivity index (χ0v) is 5.32. The Morgan fingerprint density at radius 1 is 1.50 bits per heavy atom. The molecule has 1 aromatic heterocycles. The second-order valence-corrected chi connectivity index (χ2v) is 1.83. The van der Waals surface area contributed by atoms with Crippen molar-refractivity contribution in [3.8, 4) is 0 Å². The number of hydrogen-bond acceptors (Lipinski definition) is 2. The standard InChI is InChI=1S/C7H7N2O/c8-7(10)5-6-1-3-9-4-2-6/h1-5H,(H2,8,10). The van der Waals surface area contributed by atoms with Crippen molar-refractivity contribution in [3.05, 3.63) is 36.5 Å². The van der Waals surface area contributed by atoms with E-state index in [1.54, 1.807) is 24.5 Å². The molecule has 1 aromatic rings. The first-order valence-electron chi connectivity index (χ1n) is 2.83. The molecule has 0 bridgehead atoms. The summed E-state index contributed by atoms with van der Waals surface area (Å²) < 4.78 is 0. The highest BCUT2D eigenvalue weighted by molar-refractivity contribution is 5.86. The normalized spacial score (nSPS) is 9.20. The first-order chi connectivity index (χ1) is 4.79. The van der Waals surface area contributed by atoms with E-state index in [0.29, 0.717) is 0 Å². The maximum absolute atomic E-state index is 10.3. The van der Waals surface area contributed by atoms with E-state index in [0.717, 1.165) is 5.56 Å². The molecule has 10 heavy (non-hydrogen) atoms. The average molecular weight is 135 g/mol. The summed E-state index contributed by atoms with van der Waals surface area (Å²) in [7, 11) is 0. The molecule has 0 aliphatic heterocycles. The minimum Gasteiger partial charge on any atom is -0.369 e. The molecule has 3 nitrogen and oxygen atoms in total. The van der Waals surface area contributed by atoms with Gasteiger partial charge in [-0.3, -0.25) is 9.78 Å². The fourth-order valence-corrected chi connectivity index (χ4v) is 0.624. The third-order valence-electron chi connectivity index (χ3n) is 1.02. The number of primary amides is 1. The van der Waals surface area contributed by atoms with Crippen LogP contribution in [-0.4, -0.2) is 10.9 Å². The summed E-state index contributed by atoms with van der Waals surface area (Å²) in [6.45, 7) is 0. The van der Waals surface area contributed by atoms with Crippen LogP contribution in [0, 0.1) is 6.42 Å². The molecule has 1 amide bonds.